The van der Waals surface area contributed by atoms with E-state index >= 15 is 0 Å². The van der Waals surface area contributed by atoms with Crippen molar-refractivity contribution in [3.8, 4) is 0 Å². The summed E-state index contributed by atoms with van der Waals surface area (Å²) in [6, 6.07) is 2.41. The standard InChI is InChI=1S/C15H27N5O2S/c1-2-9-23(21,22)19-7-4-14(5-8-19)16-10-13-11-17-15-3-6-18-20(15)12-13/h3,6,13-14,16-17H,2,4-5,7-12H2,1H3/t13-/m1/s1. The monoisotopic (exact) mass is 341 g/mol. The van der Waals surface area contributed by atoms with Gasteiger partial charge in [-0.2, -0.15) is 5.10 Å². The van der Waals surface area contributed by atoms with Crippen molar-refractivity contribution in [1.82, 2.24) is 19.4 Å². The van der Waals surface area contributed by atoms with E-state index in [4.69, 9.17) is 0 Å². The number of aromatic nitrogens is 2. The number of piperidine rings is 1. The molecule has 0 spiro atoms. The summed E-state index contributed by atoms with van der Waals surface area (Å²) in [5.74, 6) is 1.88. The number of sulfonamides is 1. The highest BCUT2D eigenvalue weighted by molar-refractivity contribution is 7.89. The Hall–Kier alpha value is -1.12. The lowest BCUT2D eigenvalue weighted by molar-refractivity contribution is 0.273. The number of nitrogens with one attached hydrogen (secondary N) is 2. The first-order valence-electron chi connectivity index (χ1n) is 8.55. The zero-order chi connectivity index (χ0) is 16.3. The fourth-order valence-corrected chi connectivity index (χ4v) is 4.92. The molecule has 130 valence electrons. The average molecular weight is 341 g/mol. The molecule has 1 saturated heterocycles. The number of fused-ring (bicyclic) bond motifs is 1. The summed E-state index contributed by atoms with van der Waals surface area (Å²) in [6.45, 7) is 6.04. The number of hydrogen-bond acceptors (Lipinski definition) is 5. The first-order chi connectivity index (χ1) is 11.1. The van der Waals surface area contributed by atoms with Crippen LogP contribution in [0.3, 0.4) is 0 Å². The van der Waals surface area contributed by atoms with Crippen LogP contribution in [0.5, 0.6) is 0 Å². The third-order valence-electron chi connectivity index (χ3n) is 4.72. The molecule has 0 saturated carbocycles. The minimum absolute atomic E-state index is 0.269. The van der Waals surface area contributed by atoms with E-state index in [9.17, 15) is 8.42 Å². The van der Waals surface area contributed by atoms with Gasteiger partial charge < -0.3 is 10.6 Å². The first-order valence-corrected chi connectivity index (χ1v) is 10.2. The van der Waals surface area contributed by atoms with Crippen LogP contribution >= 0.6 is 0 Å². The highest BCUT2D eigenvalue weighted by Gasteiger charge is 2.27. The molecule has 1 aromatic rings. The quantitative estimate of drug-likeness (QED) is 0.797. The Morgan fingerprint density at radius 1 is 1.39 bits per heavy atom. The molecule has 2 N–H and O–H groups in total. The molecular formula is C15H27N5O2S. The van der Waals surface area contributed by atoms with Crippen LogP contribution < -0.4 is 10.6 Å². The topological polar surface area (TPSA) is 79.3 Å². The molecule has 3 heterocycles. The number of nitrogens with zero attached hydrogens (tertiary/aromatic N) is 3. The smallest absolute Gasteiger partial charge is 0.214 e. The predicted octanol–water partition coefficient (Wildman–Crippen LogP) is 0.719. The normalized spacial score (nSPS) is 23.4. The SMILES string of the molecule is CCCS(=O)(=O)N1CCC(NC[C@@H]2CNc3ccnn3C2)CC1. The molecule has 0 amide bonds. The van der Waals surface area contributed by atoms with Crippen molar-refractivity contribution in [2.45, 2.75) is 38.8 Å². The van der Waals surface area contributed by atoms with Crippen LogP contribution in [0.2, 0.25) is 0 Å². The van der Waals surface area contributed by atoms with Gasteiger partial charge in [0.2, 0.25) is 10.0 Å². The molecule has 0 aromatic carbocycles. The molecule has 1 fully saturated rings. The van der Waals surface area contributed by atoms with Crippen LogP contribution in [0.4, 0.5) is 5.82 Å². The first kappa shape index (κ1) is 16.7. The van der Waals surface area contributed by atoms with Gasteiger partial charge >= 0.3 is 0 Å². The maximum absolute atomic E-state index is 12.1. The highest BCUT2D eigenvalue weighted by Crippen LogP contribution is 2.18. The van der Waals surface area contributed by atoms with Crippen molar-refractivity contribution < 1.29 is 8.42 Å². The minimum atomic E-state index is -3.04. The van der Waals surface area contributed by atoms with Gasteiger partial charge in [-0.25, -0.2) is 17.4 Å². The molecule has 2 aliphatic heterocycles. The average Bonchev–Trinajstić information content (AvgIpc) is 3.01. The van der Waals surface area contributed by atoms with Crippen LogP contribution in [0.1, 0.15) is 26.2 Å². The van der Waals surface area contributed by atoms with Gasteiger partial charge in [0.25, 0.3) is 0 Å². The number of rotatable bonds is 6. The fourth-order valence-electron chi connectivity index (χ4n) is 3.38. The van der Waals surface area contributed by atoms with Crippen molar-refractivity contribution in [2.24, 2.45) is 5.92 Å². The summed E-state index contributed by atoms with van der Waals surface area (Å²) in [6.07, 6.45) is 4.31. The predicted molar refractivity (Wildman–Crippen MR) is 90.9 cm³/mol. The number of anilines is 1. The molecule has 2 aliphatic rings. The molecule has 1 aromatic heterocycles. The highest BCUT2D eigenvalue weighted by atomic mass is 32.2. The second-order valence-corrected chi connectivity index (χ2v) is 8.63. The van der Waals surface area contributed by atoms with Gasteiger partial charge in [0.15, 0.2) is 0 Å². The lowest BCUT2D eigenvalue weighted by Crippen LogP contribution is -2.47. The Morgan fingerprint density at radius 3 is 2.91 bits per heavy atom. The van der Waals surface area contributed by atoms with E-state index < -0.39 is 10.0 Å². The molecule has 0 bridgehead atoms. The Balaban J connectivity index is 1.42. The lowest BCUT2D eigenvalue weighted by atomic mass is 10.0. The second-order valence-electron chi connectivity index (χ2n) is 6.54. The van der Waals surface area contributed by atoms with Crippen LogP contribution in [0.15, 0.2) is 12.3 Å². The Bertz CT molecular complexity index is 607. The van der Waals surface area contributed by atoms with Crippen LogP contribution in [-0.4, -0.2) is 60.5 Å². The van der Waals surface area contributed by atoms with Crippen molar-refractivity contribution in [3.05, 3.63) is 12.3 Å². The Kier molecular flexibility index (Phi) is 5.23. The number of hydrogen-bond donors (Lipinski definition) is 2. The molecule has 3 rings (SSSR count). The van der Waals surface area contributed by atoms with Crippen LogP contribution in [0, 0.1) is 5.92 Å². The van der Waals surface area contributed by atoms with Crippen molar-refractivity contribution in [2.75, 3.05) is 37.2 Å². The Labute approximate surface area is 138 Å². The largest absolute Gasteiger partial charge is 0.370 e. The van der Waals surface area contributed by atoms with E-state index in [2.05, 4.69) is 15.7 Å². The third-order valence-corrected chi connectivity index (χ3v) is 6.80. The Morgan fingerprint density at radius 2 is 2.17 bits per heavy atom. The van der Waals surface area contributed by atoms with Crippen LogP contribution in [0.25, 0.3) is 0 Å². The van der Waals surface area contributed by atoms with E-state index in [1.807, 2.05) is 23.9 Å². The third kappa shape index (κ3) is 4.05. The molecule has 0 aliphatic carbocycles. The van der Waals surface area contributed by atoms with Crippen molar-refractivity contribution in [1.29, 1.82) is 0 Å². The van der Waals surface area contributed by atoms with Crippen molar-refractivity contribution >= 4 is 15.8 Å². The van der Waals surface area contributed by atoms with E-state index in [0.29, 0.717) is 31.5 Å². The zero-order valence-electron chi connectivity index (χ0n) is 13.7. The fraction of sp³-hybridized carbons (Fsp3) is 0.800. The summed E-state index contributed by atoms with van der Waals surface area (Å²) in [7, 11) is -3.04. The van der Waals surface area contributed by atoms with Gasteiger partial charge in [0, 0.05) is 50.7 Å². The van der Waals surface area contributed by atoms with Gasteiger partial charge in [0.05, 0.1) is 11.9 Å². The molecule has 8 heteroatoms. The summed E-state index contributed by atoms with van der Waals surface area (Å²) in [4.78, 5) is 0. The van der Waals surface area contributed by atoms with Crippen molar-refractivity contribution in [3.63, 3.8) is 0 Å². The van der Waals surface area contributed by atoms with Crippen LogP contribution in [-0.2, 0) is 16.6 Å². The van der Waals surface area contributed by atoms with E-state index in [1.165, 1.54) is 0 Å². The van der Waals surface area contributed by atoms with Gasteiger partial charge in [-0.1, -0.05) is 6.92 Å². The molecule has 0 unspecified atom stereocenters. The van der Waals surface area contributed by atoms with E-state index in [-0.39, 0.29) is 5.75 Å². The maximum atomic E-state index is 12.1. The van der Waals surface area contributed by atoms with E-state index in [1.54, 1.807) is 4.31 Å². The van der Waals surface area contributed by atoms with E-state index in [0.717, 1.165) is 38.3 Å². The lowest BCUT2D eigenvalue weighted by Gasteiger charge is -2.33. The van der Waals surface area contributed by atoms with Gasteiger partial charge in [0.1, 0.15) is 5.82 Å². The van der Waals surface area contributed by atoms with Gasteiger partial charge in [-0.05, 0) is 19.3 Å². The molecule has 23 heavy (non-hydrogen) atoms. The maximum Gasteiger partial charge on any atom is 0.214 e. The zero-order valence-corrected chi connectivity index (χ0v) is 14.6. The van der Waals surface area contributed by atoms with Gasteiger partial charge in [-0.15, -0.1) is 0 Å². The minimum Gasteiger partial charge on any atom is -0.370 e. The molecular weight excluding hydrogens is 314 g/mol. The molecule has 7 nitrogen and oxygen atoms in total. The molecule has 1 atom stereocenters. The summed E-state index contributed by atoms with van der Waals surface area (Å²) in [5, 5.41) is 11.3. The summed E-state index contributed by atoms with van der Waals surface area (Å²) >= 11 is 0. The van der Waals surface area contributed by atoms with Gasteiger partial charge in [-0.3, -0.25) is 0 Å². The summed E-state index contributed by atoms with van der Waals surface area (Å²) in [5.41, 5.74) is 0. The summed E-state index contributed by atoms with van der Waals surface area (Å²) < 4.78 is 27.8. The molecule has 0 radical (unpaired) electrons. The second kappa shape index (κ2) is 7.19.